The van der Waals surface area contributed by atoms with Crippen LogP contribution in [0.15, 0.2) is 42.6 Å². The lowest BCUT2D eigenvalue weighted by Crippen LogP contribution is -2.55. The van der Waals surface area contributed by atoms with E-state index in [1.807, 2.05) is 6.20 Å². The highest BCUT2D eigenvalue weighted by Crippen LogP contribution is 2.33. The van der Waals surface area contributed by atoms with Crippen molar-refractivity contribution in [3.8, 4) is 0 Å². The Morgan fingerprint density at radius 1 is 1.18 bits per heavy atom. The summed E-state index contributed by atoms with van der Waals surface area (Å²) in [6.45, 7) is 9.92. The van der Waals surface area contributed by atoms with Gasteiger partial charge in [-0.05, 0) is 67.8 Å². The maximum absolute atomic E-state index is 4.86. The highest BCUT2D eigenvalue weighted by atomic mass is 127. The van der Waals surface area contributed by atoms with Crippen molar-refractivity contribution in [3.63, 3.8) is 0 Å². The summed E-state index contributed by atoms with van der Waals surface area (Å²) in [7, 11) is 0. The van der Waals surface area contributed by atoms with E-state index in [-0.39, 0.29) is 0 Å². The Morgan fingerprint density at radius 3 is 2.85 bits per heavy atom. The van der Waals surface area contributed by atoms with E-state index >= 15 is 0 Å². The summed E-state index contributed by atoms with van der Waals surface area (Å²) in [5.41, 5.74) is 5.65. The number of hydrogen-bond acceptors (Lipinski definition) is 5. The molecule has 2 N–H and O–H groups in total. The number of pyridine rings is 1. The molecule has 5 nitrogen and oxygen atoms in total. The zero-order chi connectivity index (χ0) is 22.9. The summed E-state index contributed by atoms with van der Waals surface area (Å²) in [5, 5.41) is 3.83. The molecule has 0 spiro atoms. The third-order valence-electron chi connectivity index (χ3n) is 7.20. The van der Waals surface area contributed by atoms with E-state index in [9.17, 15) is 0 Å². The Hall–Kier alpha value is -1.06. The number of piperazine rings is 1. The van der Waals surface area contributed by atoms with Crippen molar-refractivity contribution in [1.29, 1.82) is 0 Å². The van der Waals surface area contributed by atoms with Gasteiger partial charge in [-0.25, -0.2) is 0 Å². The Labute approximate surface area is 214 Å². The summed E-state index contributed by atoms with van der Waals surface area (Å²) in [4.78, 5) is 10.2. The molecule has 4 rings (SSSR count). The van der Waals surface area contributed by atoms with Gasteiger partial charge in [-0.15, -0.1) is 0 Å². The maximum atomic E-state index is 4.86. The number of aryl methyl sites for hydroxylation is 2. The zero-order valence-corrected chi connectivity index (χ0v) is 22.3. The van der Waals surface area contributed by atoms with Gasteiger partial charge in [0.15, 0.2) is 0 Å². The Kier molecular flexibility index (Phi) is 9.97. The number of hydrogen-bond donors (Lipinski definition) is 2. The summed E-state index contributed by atoms with van der Waals surface area (Å²) in [6, 6.07) is 14.6. The van der Waals surface area contributed by atoms with Crippen LogP contribution in [0.1, 0.15) is 61.0 Å². The second kappa shape index (κ2) is 13.1. The number of aromatic nitrogens is 1. The summed E-state index contributed by atoms with van der Waals surface area (Å²) >= 11 is 2.26. The molecule has 2 atom stereocenters. The molecule has 6 heteroatoms. The molecule has 1 aromatic heterocycles. The quantitative estimate of drug-likeness (QED) is 0.240. The van der Waals surface area contributed by atoms with Crippen molar-refractivity contribution in [2.75, 3.05) is 39.3 Å². The fraction of sp³-hybridized carbons (Fsp3) is 0.593. The first-order chi connectivity index (χ1) is 16.3. The topological polar surface area (TPSA) is 43.4 Å². The Balaban J connectivity index is 1.40. The Bertz CT molecular complexity index is 843. The van der Waals surface area contributed by atoms with Crippen molar-refractivity contribution < 1.29 is 0 Å². The van der Waals surface area contributed by atoms with E-state index in [4.69, 9.17) is 4.98 Å². The molecule has 0 amide bonds. The molecule has 1 aromatic carbocycles. The number of nitrogens with zero attached hydrogens (tertiary/aromatic N) is 3. The molecule has 1 fully saturated rings. The van der Waals surface area contributed by atoms with Crippen molar-refractivity contribution in [1.82, 2.24) is 23.6 Å². The number of unbranched alkanes of at least 4 members (excludes halogenated alkanes) is 1. The van der Waals surface area contributed by atoms with Gasteiger partial charge in [0, 0.05) is 74.4 Å². The summed E-state index contributed by atoms with van der Waals surface area (Å²) in [5.74, 6) is 0. The minimum Gasteiger partial charge on any atom is -0.310 e. The monoisotopic (exact) mass is 561 g/mol. The number of benzene rings is 1. The van der Waals surface area contributed by atoms with Gasteiger partial charge in [0.1, 0.15) is 0 Å². The first-order valence-electron chi connectivity index (χ1n) is 12.8. The lowest BCUT2D eigenvalue weighted by molar-refractivity contribution is 0.116. The SMILES string of the molecule is CCc1ccc(CN2CCN[C@@H](CN(CCCCNI)[C@H]3CCCc4cccnc43)C2)cc1. The lowest BCUT2D eigenvalue weighted by Gasteiger charge is -2.40. The van der Waals surface area contributed by atoms with Crippen LogP contribution >= 0.6 is 22.9 Å². The predicted molar refractivity (Wildman–Crippen MR) is 146 cm³/mol. The molecule has 0 radical (unpaired) electrons. The van der Waals surface area contributed by atoms with Crippen LogP contribution in [0.4, 0.5) is 0 Å². The maximum Gasteiger partial charge on any atom is 0.0607 e. The molecule has 2 aromatic rings. The highest BCUT2D eigenvalue weighted by Gasteiger charge is 2.30. The largest absolute Gasteiger partial charge is 0.310 e. The van der Waals surface area contributed by atoms with Crippen LogP contribution < -0.4 is 8.85 Å². The van der Waals surface area contributed by atoms with Gasteiger partial charge in [-0.3, -0.25) is 18.3 Å². The van der Waals surface area contributed by atoms with Crippen molar-refractivity contribution in [2.24, 2.45) is 0 Å². The fourth-order valence-corrected chi connectivity index (χ4v) is 5.78. The molecular weight excluding hydrogens is 521 g/mol. The number of halogens is 1. The molecule has 180 valence electrons. The van der Waals surface area contributed by atoms with Gasteiger partial charge in [-0.2, -0.15) is 0 Å². The van der Waals surface area contributed by atoms with E-state index < -0.39 is 0 Å². The van der Waals surface area contributed by atoms with Gasteiger partial charge in [0.2, 0.25) is 0 Å². The minimum atomic E-state index is 0.460. The average Bonchev–Trinajstić information content (AvgIpc) is 2.86. The van der Waals surface area contributed by atoms with Crippen LogP contribution in [-0.4, -0.2) is 60.1 Å². The van der Waals surface area contributed by atoms with Crippen LogP contribution in [0.3, 0.4) is 0 Å². The minimum absolute atomic E-state index is 0.460. The van der Waals surface area contributed by atoms with Crippen LogP contribution in [0.2, 0.25) is 0 Å². The molecule has 1 aliphatic carbocycles. The number of rotatable bonds is 11. The second-order valence-electron chi connectivity index (χ2n) is 9.60. The first kappa shape index (κ1) is 25.0. The molecular formula is C27H40IN5. The van der Waals surface area contributed by atoms with Crippen LogP contribution in [-0.2, 0) is 19.4 Å². The molecule has 0 bridgehead atoms. The van der Waals surface area contributed by atoms with Gasteiger partial charge in [-0.1, -0.05) is 37.3 Å². The number of fused-ring (bicyclic) bond motifs is 1. The smallest absolute Gasteiger partial charge is 0.0607 e. The van der Waals surface area contributed by atoms with Gasteiger partial charge < -0.3 is 5.32 Å². The standard InChI is InChI=1S/C27H40IN5/c1-2-22-10-12-23(13-11-22)19-32-18-16-29-25(20-32)21-33(17-4-3-15-31-28)26-9-5-7-24-8-6-14-30-27(24)26/h6,8,10-14,25-26,29,31H,2-5,7,9,15-21H2,1H3/t25-,26+/m1/s1. The predicted octanol–water partition coefficient (Wildman–Crippen LogP) is 4.52. The Morgan fingerprint density at radius 2 is 2.03 bits per heavy atom. The lowest BCUT2D eigenvalue weighted by atomic mass is 9.90. The number of nitrogens with one attached hydrogen (secondary N) is 2. The summed E-state index contributed by atoms with van der Waals surface area (Å²) in [6.07, 6.45) is 9.23. The summed E-state index contributed by atoms with van der Waals surface area (Å²) < 4.78 is 3.27. The van der Waals surface area contributed by atoms with E-state index in [0.717, 1.165) is 52.2 Å². The van der Waals surface area contributed by atoms with E-state index in [1.165, 1.54) is 54.5 Å². The van der Waals surface area contributed by atoms with Crippen molar-refractivity contribution in [3.05, 3.63) is 65.0 Å². The van der Waals surface area contributed by atoms with Crippen LogP contribution in [0.25, 0.3) is 0 Å². The van der Waals surface area contributed by atoms with Crippen LogP contribution in [0.5, 0.6) is 0 Å². The van der Waals surface area contributed by atoms with E-state index in [0.29, 0.717) is 12.1 Å². The van der Waals surface area contributed by atoms with Crippen molar-refractivity contribution >= 4 is 22.9 Å². The first-order valence-corrected chi connectivity index (χ1v) is 13.9. The fourth-order valence-electron chi connectivity index (χ4n) is 5.40. The van der Waals surface area contributed by atoms with Gasteiger partial charge in [0.05, 0.1) is 11.7 Å². The zero-order valence-electron chi connectivity index (χ0n) is 20.1. The average molecular weight is 562 g/mol. The highest BCUT2D eigenvalue weighted by molar-refractivity contribution is 14.1. The molecule has 1 saturated heterocycles. The molecule has 0 saturated carbocycles. The third kappa shape index (κ3) is 7.21. The molecule has 2 aliphatic rings. The van der Waals surface area contributed by atoms with E-state index in [1.54, 1.807) is 0 Å². The van der Waals surface area contributed by atoms with Gasteiger partial charge >= 0.3 is 0 Å². The molecule has 1 aliphatic heterocycles. The van der Waals surface area contributed by atoms with Gasteiger partial charge in [0.25, 0.3) is 0 Å². The molecule has 2 heterocycles. The molecule has 0 unspecified atom stereocenters. The van der Waals surface area contributed by atoms with E-state index in [2.05, 4.69) is 84.8 Å². The molecule has 33 heavy (non-hydrogen) atoms. The van der Waals surface area contributed by atoms with Crippen LogP contribution in [0, 0.1) is 0 Å². The normalized spacial score (nSPS) is 21.3. The van der Waals surface area contributed by atoms with Crippen molar-refractivity contribution in [2.45, 2.75) is 64.1 Å². The second-order valence-corrected chi connectivity index (χ2v) is 10.4. The third-order valence-corrected chi connectivity index (χ3v) is 7.74.